The van der Waals surface area contributed by atoms with E-state index in [9.17, 15) is 4.79 Å². The lowest BCUT2D eigenvalue weighted by Gasteiger charge is -1.88. The molecule has 0 spiro atoms. The fourth-order valence-corrected chi connectivity index (χ4v) is 0.672. The van der Waals surface area contributed by atoms with E-state index in [1.54, 1.807) is 12.1 Å². The molecule has 4 heteroatoms. The van der Waals surface area contributed by atoms with Crippen molar-refractivity contribution in [2.75, 3.05) is 6.54 Å². The van der Waals surface area contributed by atoms with Crippen LogP contribution in [0.3, 0.4) is 0 Å². The number of carboxylic acids is 1. The van der Waals surface area contributed by atoms with Gasteiger partial charge in [-0.15, -0.1) is 0 Å². The number of carbonyl (C=O) groups is 1. The summed E-state index contributed by atoms with van der Waals surface area (Å²) in [5.74, 6) is -0.977. The SMILES string of the molecule is O=C(O)CN=Nc1ccccc1. The minimum absolute atomic E-state index is 0.283. The zero-order chi connectivity index (χ0) is 8.81. The number of benzene rings is 1. The molecule has 1 N–H and O–H groups in total. The Hall–Kier alpha value is -1.71. The minimum Gasteiger partial charge on any atom is -0.480 e. The third kappa shape index (κ3) is 2.92. The maximum Gasteiger partial charge on any atom is 0.327 e. The molecule has 0 aliphatic rings. The van der Waals surface area contributed by atoms with Crippen LogP contribution in [0.2, 0.25) is 0 Å². The molecule has 0 saturated heterocycles. The molecule has 0 fully saturated rings. The summed E-state index contributed by atoms with van der Waals surface area (Å²) in [6, 6.07) is 9.00. The van der Waals surface area contributed by atoms with E-state index in [0.29, 0.717) is 5.69 Å². The Kier molecular flexibility index (Phi) is 2.95. The number of carboxylic acid groups (broad SMARTS) is 1. The fraction of sp³-hybridized carbons (Fsp3) is 0.125. The van der Waals surface area contributed by atoms with Crippen LogP contribution in [-0.2, 0) is 4.79 Å². The third-order valence-electron chi connectivity index (χ3n) is 1.15. The molecule has 0 aliphatic carbocycles. The summed E-state index contributed by atoms with van der Waals surface area (Å²) in [6.45, 7) is -0.283. The van der Waals surface area contributed by atoms with Crippen molar-refractivity contribution in [3.05, 3.63) is 30.3 Å². The van der Waals surface area contributed by atoms with Crippen LogP contribution in [0.5, 0.6) is 0 Å². The third-order valence-corrected chi connectivity index (χ3v) is 1.15. The van der Waals surface area contributed by atoms with Gasteiger partial charge in [-0.1, -0.05) is 18.2 Å². The van der Waals surface area contributed by atoms with Crippen molar-refractivity contribution in [2.24, 2.45) is 10.2 Å². The Morgan fingerprint density at radius 3 is 2.58 bits per heavy atom. The number of aliphatic carboxylic acids is 1. The van der Waals surface area contributed by atoms with Crippen molar-refractivity contribution < 1.29 is 9.90 Å². The van der Waals surface area contributed by atoms with Crippen LogP contribution < -0.4 is 0 Å². The summed E-state index contributed by atoms with van der Waals surface area (Å²) < 4.78 is 0. The lowest BCUT2D eigenvalue weighted by molar-refractivity contribution is -0.135. The number of hydrogen-bond acceptors (Lipinski definition) is 3. The second-order valence-corrected chi connectivity index (χ2v) is 2.13. The van der Waals surface area contributed by atoms with E-state index in [-0.39, 0.29) is 6.54 Å². The van der Waals surface area contributed by atoms with Crippen molar-refractivity contribution in [2.45, 2.75) is 0 Å². The van der Waals surface area contributed by atoms with Crippen molar-refractivity contribution in [3.63, 3.8) is 0 Å². The van der Waals surface area contributed by atoms with E-state index in [2.05, 4.69) is 10.2 Å². The minimum atomic E-state index is -0.977. The zero-order valence-corrected chi connectivity index (χ0v) is 6.34. The van der Waals surface area contributed by atoms with Gasteiger partial charge in [-0.25, -0.2) is 0 Å². The van der Waals surface area contributed by atoms with Crippen molar-refractivity contribution >= 4 is 11.7 Å². The molecule has 0 aliphatic heterocycles. The Labute approximate surface area is 69.6 Å². The second kappa shape index (κ2) is 4.23. The topological polar surface area (TPSA) is 62.0 Å². The summed E-state index contributed by atoms with van der Waals surface area (Å²) in [4.78, 5) is 10.0. The van der Waals surface area contributed by atoms with Crippen molar-refractivity contribution in [1.82, 2.24) is 0 Å². The van der Waals surface area contributed by atoms with Crippen molar-refractivity contribution in [3.8, 4) is 0 Å². The lowest BCUT2D eigenvalue weighted by atomic mass is 10.3. The summed E-state index contributed by atoms with van der Waals surface area (Å²) in [5, 5.41) is 15.4. The van der Waals surface area contributed by atoms with E-state index in [1.165, 1.54) is 0 Å². The molecule has 0 aromatic heterocycles. The second-order valence-electron chi connectivity index (χ2n) is 2.13. The summed E-state index contributed by atoms with van der Waals surface area (Å²) in [7, 11) is 0. The lowest BCUT2D eigenvalue weighted by Crippen LogP contribution is -1.97. The molecule has 1 aromatic carbocycles. The highest BCUT2D eigenvalue weighted by molar-refractivity contribution is 5.69. The van der Waals surface area contributed by atoms with E-state index < -0.39 is 5.97 Å². The molecule has 0 amide bonds. The van der Waals surface area contributed by atoms with Gasteiger partial charge in [-0.3, -0.25) is 4.79 Å². The number of azo groups is 1. The van der Waals surface area contributed by atoms with E-state index >= 15 is 0 Å². The summed E-state index contributed by atoms with van der Waals surface area (Å²) >= 11 is 0. The molecule has 0 heterocycles. The van der Waals surface area contributed by atoms with Crippen LogP contribution in [-0.4, -0.2) is 17.6 Å². The first-order chi connectivity index (χ1) is 5.79. The van der Waals surface area contributed by atoms with Gasteiger partial charge in [0.1, 0.15) is 0 Å². The Morgan fingerprint density at radius 1 is 1.33 bits per heavy atom. The normalized spacial score (nSPS) is 10.3. The predicted molar refractivity (Wildman–Crippen MR) is 43.5 cm³/mol. The molecule has 0 unspecified atom stereocenters. The largest absolute Gasteiger partial charge is 0.480 e. The average molecular weight is 164 g/mol. The van der Waals surface area contributed by atoms with E-state index in [4.69, 9.17) is 5.11 Å². The Balaban J connectivity index is 2.52. The van der Waals surface area contributed by atoms with Crippen molar-refractivity contribution in [1.29, 1.82) is 0 Å². The standard InChI is InChI=1S/C8H8N2O2/c11-8(12)6-9-10-7-4-2-1-3-5-7/h1-5H,6H2,(H,11,12). The van der Waals surface area contributed by atoms with Gasteiger partial charge in [0.15, 0.2) is 6.54 Å². The highest BCUT2D eigenvalue weighted by atomic mass is 16.4. The molecule has 0 atom stereocenters. The van der Waals surface area contributed by atoms with Gasteiger partial charge < -0.3 is 5.11 Å². The quantitative estimate of drug-likeness (QED) is 0.693. The summed E-state index contributed by atoms with van der Waals surface area (Å²) in [6.07, 6.45) is 0. The van der Waals surface area contributed by atoms with Gasteiger partial charge in [0.2, 0.25) is 0 Å². The van der Waals surface area contributed by atoms with Gasteiger partial charge in [-0.2, -0.15) is 10.2 Å². The van der Waals surface area contributed by atoms with Crippen LogP contribution >= 0.6 is 0 Å². The number of nitrogens with zero attached hydrogens (tertiary/aromatic N) is 2. The van der Waals surface area contributed by atoms with E-state index in [0.717, 1.165) is 0 Å². The Bertz CT molecular complexity index is 282. The molecule has 12 heavy (non-hydrogen) atoms. The maximum absolute atomic E-state index is 10.0. The van der Waals surface area contributed by atoms with Crippen LogP contribution in [0.4, 0.5) is 5.69 Å². The fourth-order valence-electron chi connectivity index (χ4n) is 0.672. The van der Waals surface area contributed by atoms with Gasteiger partial charge in [-0.05, 0) is 12.1 Å². The average Bonchev–Trinajstić information content (AvgIpc) is 2.05. The summed E-state index contributed by atoms with van der Waals surface area (Å²) in [5.41, 5.74) is 0.666. The van der Waals surface area contributed by atoms with Gasteiger partial charge in [0, 0.05) is 0 Å². The molecule has 4 nitrogen and oxygen atoms in total. The van der Waals surface area contributed by atoms with Gasteiger partial charge in [0.25, 0.3) is 0 Å². The Morgan fingerprint density at radius 2 is 2.00 bits per heavy atom. The molecular weight excluding hydrogens is 156 g/mol. The van der Waals surface area contributed by atoms with Crippen LogP contribution in [0.25, 0.3) is 0 Å². The number of rotatable bonds is 3. The zero-order valence-electron chi connectivity index (χ0n) is 6.34. The highest BCUT2D eigenvalue weighted by Gasteiger charge is 1.91. The first kappa shape index (κ1) is 8.39. The monoisotopic (exact) mass is 164 g/mol. The molecule has 1 rings (SSSR count). The molecule has 1 aromatic rings. The highest BCUT2D eigenvalue weighted by Crippen LogP contribution is 2.09. The smallest absolute Gasteiger partial charge is 0.327 e. The predicted octanol–water partition coefficient (Wildman–Crippen LogP) is 1.85. The molecule has 0 saturated carbocycles. The first-order valence-corrected chi connectivity index (χ1v) is 3.43. The van der Waals surface area contributed by atoms with Gasteiger partial charge in [0.05, 0.1) is 5.69 Å². The van der Waals surface area contributed by atoms with Crippen LogP contribution in [0.15, 0.2) is 40.6 Å². The van der Waals surface area contributed by atoms with Crippen LogP contribution in [0, 0.1) is 0 Å². The molecule has 0 radical (unpaired) electrons. The van der Waals surface area contributed by atoms with E-state index in [1.807, 2.05) is 18.2 Å². The molecule has 0 bridgehead atoms. The first-order valence-electron chi connectivity index (χ1n) is 3.43. The number of hydrogen-bond donors (Lipinski definition) is 1. The molecular formula is C8H8N2O2. The van der Waals surface area contributed by atoms with Gasteiger partial charge >= 0.3 is 5.97 Å². The van der Waals surface area contributed by atoms with Crippen LogP contribution in [0.1, 0.15) is 0 Å². The molecule has 62 valence electrons. The maximum atomic E-state index is 10.0.